The number of rotatable bonds is 5. The van der Waals surface area contributed by atoms with Crippen LogP contribution in [0.5, 0.6) is 0 Å². The molecule has 0 radical (unpaired) electrons. The molecule has 0 aliphatic rings. The molecule has 1 heterocycles. The van der Waals surface area contributed by atoms with Crippen molar-refractivity contribution in [2.75, 3.05) is 18.9 Å². The van der Waals surface area contributed by atoms with E-state index < -0.39 is 0 Å². The monoisotopic (exact) mass is 298 g/mol. The van der Waals surface area contributed by atoms with E-state index in [1.807, 2.05) is 57.0 Å². The summed E-state index contributed by atoms with van der Waals surface area (Å²) >= 11 is 0. The highest BCUT2D eigenvalue weighted by atomic mass is 16.2. The van der Waals surface area contributed by atoms with E-state index >= 15 is 0 Å². The van der Waals surface area contributed by atoms with Gasteiger partial charge in [-0.3, -0.25) is 9.69 Å². The van der Waals surface area contributed by atoms with Gasteiger partial charge < -0.3 is 5.32 Å². The van der Waals surface area contributed by atoms with E-state index in [0.717, 1.165) is 22.5 Å². The Morgan fingerprint density at radius 3 is 2.77 bits per heavy atom. The van der Waals surface area contributed by atoms with Crippen LogP contribution in [0.1, 0.15) is 29.8 Å². The highest BCUT2D eigenvalue weighted by Gasteiger charge is 2.16. The number of aromatic nitrogens is 2. The lowest BCUT2D eigenvalue weighted by Crippen LogP contribution is -2.32. The lowest BCUT2D eigenvalue weighted by Gasteiger charge is -2.23. The van der Waals surface area contributed by atoms with Gasteiger partial charge in [-0.05, 0) is 51.1 Å². The number of carbonyl (C=O) groups excluding carboxylic acids is 1. The summed E-state index contributed by atoms with van der Waals surface area (Å²) in [6.07, 6.45) is 3.23. The van der Waals surface area contributed by atoms with E-state index in [1.165, 1.54) is 6.33 Å². The number of likely N-dealkylation sites (N-methyl/N-ethyl adjacent to an activating group) is 1. The standard InChI is InChI=1S/C17H22N4O/c1-12-5-6-13(2)16(9-12)20-17(22)10-21(4)14(3)15-7-8-18-11-19-15/h5-9,11,14H,10H2,1-4H3,(H,20,22). The first-order valence-electron chi connectivity index (χ1n) is 7.30. The number of hydrogen-bond donors (Lipinski definition) is 1. The summed E-state index contributed by atoms with van der Waals surface area (Å²) in [4.78, 5) is 22.3. The fourth-order valence-corrected chi connectivity index (χ4v) is 2.20. The number of nitrogens with one attached hydrogen (secondary N) is 1. The van der Waals surface area contributed by atoms with E-state index in [-0.39, 0.29) is 11.9 Å². The zero-order valence-corrected chi connectivity index (χ0v) is 13.5. The van der Waals surface area contributed by atoms with Crippen molar-refractivity contribution in [1.29, 1.82) is 0 Å². The molecule has 0 saturated heterocycles. The molecule has 0 bridgehead atoms. The zero-order valence-electron chi connectivity index (χ0n) is 13.5. The molecule has 0 fully saturated rings. The first kappa shape index (κ1) is 16.1. The van der Waals surface area contributed by atoms with Crippen LogP contribution in [-0.4, -0.2) is 34.4 Å². The van der Waals surface area contributed by atoms with Gasteiger partial charge in [0.15, 0.2) is 0 Å². The largest absolute Gasteiger partial charge is 0.325 e. The summed E-state index contributed by atoms with van der Waals surface area (Å²) < 4.78 is 0. The Morgan fingerprint density at radius 2 is 2.09 bits per heavy atom. The molecule has 0 aliphatic carbocycles. The minimum Gasteiger partial charge on any atom is -0.325 e. The van der Waals surface area contributed by atoms with Crippen molar-refractivity contribution in [3.8, 4) is 0 Å². The van der Waals surface area contributed by atoms with Crippen molar-refractivity contribution >= 4 is 11.6 Å². The van der Waals surface area contributed by atoms with Gasteiger partial charge >= 0.3 is 0 Å². The maximum Gasteiger partial charge on any atom is 0.238 e. The van der Waals surface area contributed by atoms with E-state index in [9.17, 15) is 4.79 Å². The van der Waals surface area contributed by atoms with Gasteiger partial charge in [0, 0.05) is 17.9 Å². The molecule has 1 aromatic carbocycles. The first-order valence-corrected chi connectivity index (χ1v) is 7.30. The molecular formula is C17H22N4O. The van der Waals surface area contributed by atoms with Crippen LogP contribution < -0.4 is 5.32 Å². The van der Waals surface area contributed by atoms with Gasteiger partial charge in [0.1, 0.15) is 6.33 Å². The molecule has 0 aliphatic heterocycles. The second kappa shape index (κ2) is 7.13. The zero-order chi connectivity index (χ0) is 16.1. The van der Waals surface area contributed by atoms with Crippen LogP contribution in [0.4, 0.5) is 5.69 Å². The molecular weight excluding hydrogens is 276 g/mol. The average molecular weight is 298 g/mol. The smallest absolute Gasteiger partial charge is 0.238 e. The summed E-state index contributed by atoms with van der Waals surface area (Å²) in [7, 11) is 1.91. The van der Waals surface area contributed by atoms with Crippen molar-refractivity contribution in [2.45, 2.75) is 26.8 Å². The van der Waals surface area contributed by atoms with Crippen LogP contribution in [0.25, 0.3) is 0 Å². The lowest BCUT2D eigenvalue weighted by molar-refractivity contribution is -0.117. The highest BCUT2D eigenvalue weighted by molar-refractivity contribution is 5.93. The van der Waals surface area contributed by atoms with Crippen LogP contribution in [0.2, 0.25) is 0 Å². The molecule has 22 heavy (non-hydrogen) atoms. The van der Waals surface area contributed by atoms with E-state index in [1.54, 1.807) is 6.20 Å². The third kappa shape index (κ3) is 4.11. The summed E-state index contributed by atoms with van der Waals surface area (Å²) in [6.45, 7) is 6.33. The van der Waals surface area contributed by atoms with E-state index in [2.05, 4.69) is 15.3 Å². The third-order valence-electron chi connectivity index (χ3n) is 3.75. The molecule has 116 valence electrons. The number of nitrogens with zero attached hydrogens (tertiary/aromatic N) is 3. The lowest BCUT2D eigenvalue weighted by atomic mass is 10.1. The Hall–Kier alpha value is -2.27. The van der Waals surface area contributed by atoms with Gasteiger partial charge in [-0.2, -0.15) is 0 Å². The Balaban J connectivity index is 1.98. The van der Waals surface area contributed by atoms with Crippen molar-refractivity contribution in [2.24, 2.45) is 0 Å². The van der Waals surface area contributed by atoms with E-state index in [0.29, 0.717) is 6.54 Å². The fraction of sp³-hybridized carbons (Fsp3) is 0.353. The number of aryl methyl sites for hydroxylation is 2. The maximum atomic E-state index is 12.2. The van der Waals surface area contributed by atoms with Crippen LogP contribution >= 0.6 is 0 Å². The van der Waals surface area contributed by atoms with Crippen molar-refractivity contribution in [3.05, 3.63) is 53.6 Å². The minimum absolute atomic E-state index is 0.0305. The second-order valence-corrected chi connectivity index (χ2v) is 5.59. The molecule has 1 atom stereocenters. The Morgan fingerprint density at radius 1 is 1.32 bits per heavy atom. The van der Waals surface area contributed by atoms with Crippen LogP contribution in [0.3, 0.4) is 0 Å². The highest BCUT2D eigenvalue weighted by Crippen LogP contribution is 2.18. The van der Waals surface area contributed by atoms with Crippen LogP contribution in [-0.2, 0) is 4.79 Å². The van der Waals surface area contributed by atoms with Crippen molar-refractivity contribution in [3.63, 3.8) is 0 Å². The Bertz CT molecular complexity index is 642. The normalized spacial score (nSPS) is 12.2. The van der Waals surface area contributed by atoms with Gasteiger partial charge in [0.25, 0.3) is 0 Å². The second-order valence-electron chi connectivity index (χ2n) is 5.59. The van der Waals surface area contributed by atoms with Gasteiger partial charge in [-0.15, -0.1) is 0 Å². The van der Waals surface area contributed by atoms with Crippen LogP contribution in [0, 0.1) is 13.8 Å². The van der Waals surface area contributed by atoms with Crippen molar-refractivity contribution in [1.82, 2.24) is 14.9 Å². The number of hydrogen-bond acceptors (Lipinski definition) is 4. The van der Waals surface area contributed by atoms with Crippen molar-refractivity contribution < 1.29 is 4.79 Å². The SMILES string of the molecule is Cc1ccc(C)c(NC(=O)CN(C)C(C)c2ccncn2)c1. The van der Waals surface area contributed by atoms with Crippen LogP contribution in [0.15, 0.2) is 36.8 Å². The first-order chi connectivity index (χ1) is 10.5. The van der Waals surface area contributed by atoms with Gasteiger partial charge in [-0.1, -0.05) is 12.1 Å². The summed E-state index contributed by atoms with van der Waals surface area (Å²) in [5, 5.41) is 2.97. The van der Waals surface area contributed by atoms with E-state index in [4.69, 9.17) is 0 Å². The number of carbonyl (C=O) groups is 1. The maximum absolute atomic E-state index is 12.2. The Labute approximate surface area is 131 Å². The minimum atomic E-state index is -0.0305. The van der Waals surface area contributed by atoms with Gasteiger partial charge in [0.05, 0.1) is 12.2 Å². The molecule has 5 heteroatoms. The average Bonchev–Trinajstić information content (AvgIpc) is 2.51. The predicted octanol–water partition coefficient (Wildman–Crippen LogP) is 2.72. The number of benzene rings is 1. The predicted molar refractivity (Wildman–Crippen MR) is 87.6 cm³/mol. The fourth-order valence-electron chi connectivity index (χ4n) is 2.20. The third-order valence-corrected chi connectivity index (χ3v) is 3.75. The summed E-state index contributed by atoms with van der Waals surface area (Å²) in [5.41, 5.74) is 3.96. The molecule has 2 aromatic rings. The molecule has 1 aromatic heterocycles. The molecule has 0 saturated carbocycles. The number of anilines is 1. The summed E-state index contributed by atoms with van der Waals surface area (Å²) in [6, 6.07) is 7.95. The topological polar surface area (TPSA) is 58.1 Å². The molecule has 5 nitrogen and oxygen atoms in total. The Kier molecular flexibility index (Phi) is 5.22. The molecule has 0 spiro atoms. The molecule has 1 N–H and O–H groups in total. The molecule has 1 amide bonds. The van der Waals surface area contributed by atoms with Gasteiger partial charge in [-0.25, -0.2) is 9.97 Å². The number of amides is 1. The quantitative estimate of drug-likeness (QED) is 0.922. The van der Waals surface area contributed by atoms with Gasteiger partial charge in [0.2, 0.25) is 5.91 Å². The molecule has 1 unspecified atom stereocenters. The molecule has 2 rings (SSSR count). The summed E-state index contributed by atoms with van der Waals surface area (Å²) in [5.74, 6) is -0.0305.